The van der Waals surface area contributed by atoms with Gasteiger partial charge >= 0.3 is 6.18 Å². The van der Waals surface area contributed by atoms with Gasteiger partial charge in [-0.1, -0.05) is 18.2 Å². The van der Waals surface area contributed by atoms with Crippen molar-refractivity contribution in [2.75, 3.05) is 20.1 Å². The molecule has 0 bridgehead atoms. The maximum Gasteiger partial charge on any atom is 0.416 e. The Kier molecular flexibility index (Phi) is 3.95. The second-order valence-electron chi connectivity index (χ2n) is 5.17. The minimum atomic E-state index is -4.24. The average Bonchev–Trinajstić information content (AvgIpc) is 2.28. The van der Waals surface area contributed by atoms with E-state index >= 15 is 0 Å². The average molecular weight is 257 g/mol. The summed E-state index contributed by atoms with van der Waals surface area (Å²) in [5, 5.41) is 0. The summed E-state index contributed by atoms with van der Waals surface area (Å²) >= 11 is 0. The van der Waals surface area contributed by atoms with Crippen LogP contribution in [-0.4, -0.2) is 25.0 Å². The normalized spacial score (nSPS) is 22.1. The number of alkyl halides is 3. The maximum absolute atomic E-state index is 12.6. The lowest BCUT2D eigenvalue weighted by atomic mass is 9.91. The molecule has 0 saturated carbocycles. The first-order valence-electron chi connectivity index (χ1n) is 6.30. The Bertz CT molecular complexity index is 400. The smallest absolute Gasteiger partial charge is 0.306 e. The van der Waals surface area contributed by atoms with Gasteiger partial charge in [0.15, 0.2) is 0 Å². The first kappa shape index (κ1) is 13.4. The molecule has 2 rings (SSSR count). The molecule has 1 heterocycles. The molecule has 1 aromatic rings. The number of hydrogen-bond donors (Lipinski definition) is 0. The second-order valence-corrected chi connectivity index (χ2v) is 5.17. The lowest BCUT2D eigenvalue weighted by Gasteiger charge is -2.29. The maximum atomic E-state index is 12.6. The zero-order valence-corrected chi connectivity index (χ0v) is 10.5. The lowest BCUT2D eigenvalue weighted by Crippen LogP contribution is -2.33. The van der Waals surface area contributed by atoms with Crippen molar-refractivity contribution in [2.45, 2.75) is 25.4 Å². The van der Waals surface area contributed by atoms with Crippen LogP contribution in [0.1, 0.15) is 24.0 Å². The minimum Gasteiger partial charge on any atom is -0.306 e. The highest BCUT2D eigenvalue weighted by Gasteiger charge is 2.30. The zero-order chi connectivity index (χ0) is 13.2. The van der Waals surface area contributed by atoms with Gasteiger partial charge in [0.1, 0.15) is 0 Å². The molecule has 18 heavy (non-hydrogen) atoms. The molecule has 1 atom stereocenters. The van der Waals surface area contributed by atoms with Crippen LogP contribution in [0.5, 0.6) is 0 Å². The van der Waals surface area contributed by atoms with Gasteiger partial charge in [-0.15, -0.1) is 0 Å². The quantitative estimate of drug-likeness (QED) is 0.782. The van der Waals surface area contributed by atoms with E-state index in [-0.39, 0.29) is 0 Å². The Morgan fingerprint density at radius 3 is 2.78 bits per heavy atom. The van der Waals surface area contributed by atoms with Crippen LogP contribution in [0.4, 0.5) is 13.2 Å². The molecular formula is C14H18F3N. The third kappa shape index (κ3) is 3.48. The molecule has 0 spiro atoms. The SMILES string of the molecule is CN1CCCC(Cc2cccc(C(F)(F)F)c2)C1. The molecule has 1 aliphatic rings. The zero-order valence-electron chi connectivity index (χ0n) is 10.5. The molecule has 1 saturated heterocycles. The Labute approximate surface area is 106 Å². The van der Waals surface area contributed by atoms with E-state index in [9.17, 15) is 13.2 Å². The first-order chi connectivity index (χ1) is 8.45. The van der Waals surface area contributed by atoms with Crippen molar-refractivity contribution in [3.05, 3.63) is 35.4 Å². The molecule has 0 amide bonds. The van der Waals surface area contributed by atoms with Gasteiger partial charge in [0.2, 0.25) is 0 Å². The summed E-state index contributed by atoms with van der Waals surface area (Å²) in [5.74, 6) is 0.479. The van der Waals surface area contributed by atoms with E-state index < -0.39 is 11.7 Å². The molecule has 0 N–H and O–H groups in total. The number of hydrogen-bond acceptors (Lipinski definition) is 1. The van der Waals surface area contributed by atoms with E-state index in [1.165, 1.54) is 12.1 Å². The Morgan fingerprint density at radius 2 is 2.11 bits per heavy atom. The Hall–Kier alpha value is -1.03. The van der Waals surface area contributed by atoms with Crippen LogP contribution >= 0.6 is 0 Å². The molecule has 1 aliphatic heterocycles. The van der Waals surface area contributed by atoms with Gasteiger partial charge in [-0.05, 0) is 50.4 Å². The van der Waals surface area contributed by atoms with Gasteiger partial charge in [-0.2, -0.15) is 13.2 Å². The first-order valence-corrected chi connectivity index (χ1v) is 6.30. The van der Waals surface area contributed by atoms with E-state index in [1.807, 2.05) is 0 Å². The largest absolute Gasteiger partial charge is 0.416 e. The van der Waals surface area contributed by atoms with E-state index in [0.717, 1.165) is 44.0 Å². The molecule has 0 radical (unpaired) electrons. The highest BCUT2D eigenvalue weighted by atomic mass is 19.4. The molecular weight excluding hydrogens is 239 g/mol. The fourth-order valence-electron chi connectivity index (χ4n) is 2.65. The van der Waals surface area contributed by atoms with Crippen molar-refractivity contribution in [1.29, 1.82) is 0 Å². The molecule has 100 valence electrons. The Morgan fingerprint density at radius 1 is 1.33 bits per heavy atom. The van der Waals surface area contributed by atoms with Crippen molar-refractivity contribution >= 4 is 0 Å². The lowest BCUT2D eigenvalue weighted by molar-refractivity contribution is -0.137. The van der Waals surface area contributed by atoms with Gasteiger partial charge < -0.3 is 4.90 Å². The monoisotopic (exact) mass is 257 g/mol. The topological polar surface area (TPSA) is 3.24 Å². The van der Waals surface area contributed by atoms with Crippen LogP contribution in [0, 0.1) is 5.92 Å². The highest BCUT2D eigenvalue weighted by molar-refractivity contribution is 5.26. The highest BCUT2D eigenvalue weighted by Crippen LogP contribution is 2.30. The fraction of sp³-hybridized carbons (Fsp3) is 0.571. The van der Waals surface area contributed by atoms with Crippen LogP contribution < -0.4 is 0 Å². The van der Waals surface area contributed by atoms with Crippen LogP contribution in [0.15, 0.2) is 24.3 Å². The van der Waals surface area contributed by atoms with Gasteiger partial charge in [0.05, 0.1) is 5.56 Å². The number of likely N-dealkylation sites (tertiary alicyclic amines) is 1. The van der Waals surface area contributed by atoms with E-state index in [2.05, 4.69) is 11.9 Å². The fourth-order valence-corrected chi connectivity index (χ4v) is 2.65. The van der Waals surface area contributed by atoms with E-state index in [0.29, 0.717) is 5.92 Å². The number of rotatable bonds is 2. The third-order valence-electron chi connectivity index (χ3n) is 3.50. The standard InChI is InChI=1S/C14H18F3N/c1-18-7-3-5-12(10-18)8-11-4-2-6-13(9-11)14(15,16)17/h2,4,6,9,12H,3,5,7-8,10H2,1H3. The second kappa shape index (κ2) is 5.31. The third-order valence-corrected chi connectivity index (χ3v) is 3.50. The van der Waals surface area contributed by atoms with Gasteiger partial charge in [0, 0.05) is 6.54 Å². The summed E-state index contributed by atoms with van der Waals surface area (Å²) in [4.78, 5) is 2.25. The van der Waals surface area contributed by atoms with Crippen LogP contribution in [0.25, 0.3) is 0 Å². The molecule has 1 unspecified atom stereocenters. The Balaban J connectivity index is 2.05. The van der Waals surface area contributed by atoms with Crippen LogP contribution in [0.2, 0.25) is 0 Å². The summed E-state index contributed by atoms with van der Waals surface area (Å²) < 4.78 is 37.8. The van der Waals surface area contributed by atoms with Crippen LogP contribution in [0.3, 0.4) is 0 Å². The molecule has 4 heteroatoms. The van der Waals surface area contributed by atoms with Crippen LogP contribution in [-0.2, 0) is 12.6 Å². The van der Waals surface area contributed by atoms with E-state index in [4.69, 9.17) is 0 Å². The summed E-state index contributed by atoms with van der Waals surface area (Å²) in [6, 6.07) is 5.72. The van der Waals surface area contributed by atoms with Crippen molar-refractivity contribution in [1.82, 2.24) is 4.90 Å². The van der Waals surface area contributed by atoms with E-state index in [1.54, 1.807) is 6.07 Å². The van der Waals surface area contributed by atoms with Crippen molar-refractivity contribution in [2.24, 2.45) is 5.92 Å². The molecule has 0 aliphatic carbocycles. The molecule has 1 fully saturated rings. The van der Waals surface area contributed by atoms with Crippen molar-refractivity contribution in [3.8, 4) is 0 Å². The van der Waals surface area contributed by atoms with Gasteiger partial charge in [-0.3, -0.25) is 0 Å². The number of benzene rings is 1. The predicted molar refractivity (Wildman–Crippen MR) is 65.4 cm³/mol. The van der Waals surface area contributed by atoms with Gasteiger partial charge in [0.25, 0.3) is 0 Å². The minimum absolute atomic E-state index is 0.479. The summed E-state index contributed by atoms with van der Waals surface area (Å²) in [7, 11) is 2.07. The molecule has 0 aromatic heterocycles. The predicted octanol–water partition coefficient (Wildman–Crippen LogP) is 3.59. The number of halogens is 3. The molecule has 1 nitrogen and oxygen atoms in total. The summed E-state index contributed by atoms with van der Waals surface area (Å²) in [6.45, 7) is 2.08. The van der Waals surface area contributed by atoms with Crippen molar-refractivity contribution in [3.63, 3.8) is 0 Å². The van der Waals surface area contributed by atoms with Crippen molar-refractivity contribution < 1.29 is 13.2 Å². The van der Waals surface area contributed by atoms with Gasteiger partial charge in [-0.25, -0.2) is 0 Å². The number of piperidine rings is 1. The number of nitrogens with zero attached hydrogens (tertiary/aromatic N) is 1. The summed E-state index contributed by atoms with van der Waals surface area (Å²) in [6.07, 6.45) is -1.24. The molecule has 1 aromatic carbocycles. The summed E-state index contributed by atoms with van der Waals surface area (Å²) in [5.41, 5.74) is 0.259.